The lowest BCUT2D eigenvalue weighted by Gasteiger charge is -2.36. The predicted octanol–water partition coefficient (Wildman–Crippen LogP) is 2.61. The van der Waals surface area contributed by atoms with Crippen molar-refractivity contribution in [1.29, 1.82) is 0 Å². The first-order valence-corrected chi connectivity index (χ1v) is 8.28. The Kier molecular flexibility index (Phi) is 6.47. The second-order valence-corrected chi connectivity index (χ2v) is 6.80. The van der Waals surface area contributed by atoms with Crippen LogP contribution in [0.1, 0.15) is 25.0 Å². The molecule has 1 aromatic carbocycles. The van der Waals surface area contributed by atoms with Gasteiger partial charge in [-0.25, -0.2) is 0 Å². The summed E-state index contributed by atoms with van der Waals surface area (Å²) in [6.45, 7) is 4.29. The number of morpholine rings is 1. The van der Waals surface area contributed by atoms with Gasteiger partial charge in [-0.1, -0.05) is 33.6 Å². The lowest BCUT2D eigenvalue weighted by atomic mass is 10.1. The maximum Gasteiger partial charge on any atom is 0.0936 e. The summed E-state index contributed by atoms with van der Waals surface area (Å²) in [7, 11) is 0. The molecule has 3 unspecified atom stereocenters. The number of aliphatic hydroxyl groups excluding tert-OH is 2. The number of nitrogens with zero attached hydrogens (tertiary/aromatic N) is 1. The van der Waals surface area contributed by atoms with Crippen molar-refractivity contribution < 1.29 is 14.9 Å². The number of hydrogen-bond donors (Lipinski definition) is 2. The van der Waals surface area contributed by atoms with Crippen LogP contribution in [0.25, 0.3) is 0 Å². The average molecular weight is 379 g/mol. The standard InChI is InChI=1S/C15H21BrClNO3/c1-10-7-18(8-12(9-19)21-10)5-4-15(20)13-3-2-11(16)6-14(13)17/h2-3,6,10,12,15,19-20H,4-5,7-9H2,1H3. The summed E-state index contributed by atoms with van der Waals surface area (Å²) in [5, 5.41) is 20.1. The fourth-order valence-electron chi connectivity index (χ4n) is 2.66. The quantitative estimate of drug-likeness (QED) is 0.827. The van der Waals surface area contributed by atoms with E-state index in [1.165, 1.54) is 0 Å². The molecule has 2 rings (SSSR count). The van der Waals surface area contributed by atoms with Crippen LogP contribution >= 0.6 is 27.5 Å². The number of aliphatic hydroxyl groups is 2. The summed E-state index contributed by atoms with van der Waals surface area (Å²) in [4.78, 5) is 2.21. The number of benzene rings is 1. The molecule has 6 heteroatoms. The summed E-state index contributed by atoms with van der Waals surface area (Å²) in [5.41, 5.74) is 0.750. The van der Waals surface area contributed by atoms with Gasteiger partial charge in [-0.15, -0.1) is 0 Å². The highest BCUT2D eigenvalue weighted by Gasteiger charge is 2.25. The first-order valence-electron chi connectivity index (χ1n) is 7.11. The molecule has 1 heterocycles. The van der Waals surface area contributed by atoms with Gasteiger partial charge in [0.05, 0.1) is 24.9 Å². The van der Waals surface area contributed by atoms with E-state index in [-0.39, 0.29) is 18.8 Å². The fraction of sp³-hybridized carbons (Fsp3) is 0.600. The van der Waals surface area contributed by atoms with Crippen molar-refractivity contribution in [2.24, 2.45) is 0 Å². The van der Waals surface area contributed by atoms with Crippen LogP contribution in [0.15, 0.2) is 22.7 Å². The minimum Gasteiger partial charge on any atom is -0.394 e. The zero-order valence-electron chi connectivity index (χ0n) is 12.0. The van der Waals surface area contributed by atoms with Crippen LogP contribution in [0.2, 0.25) is 5.02 Å². The summed E-state index contributed by atoms with van der Waals surface area (Å²) in [6.07, 6.45) is -0.0190. The monoisotopic (exact) mass is 377 g/mol. The number of ether oxygens (including phenoxy) is 1. The summed E-state index contributed by atoms with van der Waals surface area (Å²) >= 11 is 9.51. The minimum absolute atomic E-state index is 0.0297. The third kappa shape index (κ3) is 4.91. The molecule has 1 aromatic rings. The van der Waals surface area contributed by atoms with Gasteiger partial charge in [0, 0.05) is 29.1 Å². The highest BCUT2D eigenvalue weighted by Crippen LogP contribution is 2.28. The average Bonchev–Trinajstić information content (AvgIpc) is 2.44. The van der Waals surface area contributed by atoms with Gasteiger partial charge in [0.25, 0.3) is 0 Å². The van der Waals surface area contributed by atoms with Gasteiger partial charge in [-0.05, 0) is 31.0 Å². The molecule has 0 aromatic heterocycles. The molecular weight excluding hydrogens is 358 g/mol. The second-order valence-electron chi connectivity index (χ2n) is 5.48. The molecule has 0 aliphatic carbocycles. The molecule has 0 saturated carbocycles. The van der Waals surface area contributed by atoms with Crippen molar-refractivity contribution in [2.45, 2.75) is 31.7 Å². The molecule has 1 fully saturated rings. The lowest BCUT2D eigenvalue weighted by Crippen LogP contribution is -2.48. The molecule has 1 aliphatic rings. The Morgan fingerprint density at radius 1 is 1.48 bits per heavy atom. The molecule has 1 aliphatic heterocycles. The first-order chi connectivity index (χ1) is 9.99. The van der Waals surface area contributed by atoms with E-state index in [1.54, 1.807) is 6.07 Å². The van der Waals surface area contributed by atoms with E-state index in [4.69, 9.17) is 16.3 Å². The molecule has 0 amide bonds. The van der Waals surface area contributed by atoms with Gasteiger partial charge in [0.2, 0.25) is 0 Å². The van der Waals surface area contributed by atoms with Crippen molar-refractivity contribution in [2.75, 3.05) is 26.2 Å². The number of halogens is 2. The topological polar surface area (TPSA) is 52.9 Å². The van der Waals surface area contributed by atoms with Gasteiger partial charge in [-0.3, -0.25) is 4.90 Å². The van der Waals surface area contributed by atoms with Gasteiger partial charge in [-0.2, -0.15) is 0 Å². The summed E-state index contributed by atoms with van der Waals surface area (Å²) in [5.74, 6) is 0. The maximum atomic E-state index is 10.3. The van der Waals surface area contributed by atoms with Crippen molar-refractivity contribution in [3.05, 3.63) is 33.3 Å². The van der Waals surface area contributed by atoms with Gasteiger partial charge < -0.3 is 14.9 Å². The molecular formula is C15H21BrClNO3. The van der Waals surface area contributed by atoms with E-state index in [0.717, 1.165) is 23.1 Å². The van der Waals surface area contributed by atoms with Crippen LogP contribution in [0, 0.1) is 0 Å². The Labute approximate surface area is 138 Å². The van der Waals surface area contributed by atoms with E-state index in [1.807, 2.05) is 19.1 Å². The normalized spacial score (nSPS) is 25.0. The van der Waals surface area contributed by atoms with Crippen molar-refractivity contribution >= 4 is 27.5 Å². The third-order valence-electron chi connectivity index (χ3n) is 3.65. The Hall–Kier alpha value is -0.170. The zero-order valence-corrected chi connectivity index (χ0v) is 14.3. The largest absolute Gasteiger partial charge is 0.394 e. The van der Waals surface area contributed by atoms with E-state index in [9.17, 15) is 10.2 Å². The highest BCUT2D eigenvalue weighted by molar-refractivity contribution is 9.10. The first kappa shape index (κ1) is 17.2. The molecule has 2 N–H and O–H groups in total. The van der Waals surface area contributed by atoms with Crippen LogP contribution in [-0.4, -0.2) is 53.6 Å². The second kappa shape index (κ2) is 7.90. The van der Waals surface area contributed by atoms with E-state index in [2.05, 4.69) is 20.8 Å². The van der Waals surface area contributed by atoms with Crippen LogP contribution in [0.4, 0.5) is 0 Å². The molecule has 1 saturated heterocycles. The Balaban J connectivity index is 1.89. The smallest absolute Gasteiger partial charge is 0.0936 e. The lowest BCUT2D eigenvalue weighted by molar-refractivity contribution is -0.0967. The van der Waals surface area contributed by atoms with Crippen molar-refractivity contribution in [3.63, 3.8) is 0 Å². The SMILES string of the molecule is CC1CN(CCC(O)c2ccc(Br)cc2Cl)CC(CO)O1. The van der Waals surface area contributed by atoms with Gasteiger partial charge in [0.1, 0.15) is 0 Å². The van der Waals surface area contributed by atoms with Crippen molar-refractivity contribution in [3.8, 4) is 0 Å². The summed E-state index contributed by atoms with van der Waals surface area (Å²) in [6, 6.07) is 5.51. The Bertz CT molecular complexity index is 474. The molecule has 118 valence electrons. The highest BCUT2D eigenvalue weighted by atomic mass is 79.9. The molecule has 21 heavy (non-hydrogen) atoms. The van der Waals surface area contributed by atoms with Crippen LogP contribution in [-0.2, 0) is 4.74 Å². The molecule has 0 spiro atoms. The third-order valence-corrected chi connectivity index (χ3v) is 4.47. The molecule has 3 atom stereocenters. The van der Waals surface area contributed by atoms with E-state index in [0.29, 0.717) is 18.0 Å². The minimum atomic E-state index is -0.587. The van der Waals surface area contributed by atoms with E-state index < -0.39 is 6.10 Å². The molecule has 0 bridgehead atoms. The summed E-state index contributed by atoms with van der Waals surface area (Å²) < 4.78 is 6.51. The molecule has 0 radical (unpaired) electrons. The predicted molar refractivity (Wildman–Crippen MR) is 86.6 cm³/mol. The number of rotatable bonds is 5. The zero-order chi connectivity index (χ0) is 15.4. The maximum absolute atomic E-state index is 10.3. The Morgan fingerprint density at radius 2 is 2.24 bits per heavy atom. The fourth-order valence-corrected chi connectivity index (χ4v) is 3.46. The van der Waals surface area contributed by atoms with E-state index >= 15 is 0 Å². The Morgan fingerprint density at radius 3 is 2.90 bits per heavy atom. The number of hydrogen-bond acceptors (Lipinski definition) is 4. The van der Waals surface area contributed by atoms with Crippen LogP contribution < -0.4 is 0 Å². The van der Waals surface area contributed by atoms with Gasteiger partial charge in [0.15, 0.2) is 0 Å². The van der Waals surface area contributed by atoms with Crippen LogP contribution in [0.5, 0.6) is 0 Å². The van der Waals surface area contributed by atoms with Gasteiger partial charge >= 0.3 is 0 Å². The van der Waals surface area contributed by atoms with Crippen molar-refractivity contribution in [1.82, 2.24) is 4.90 Å². The van der Waals surface area contributed by atoms with Crippen LogP contribution in [0.3, 0.4) is 0 Å². The molecule has 4 nitrogen and oxygen atoms in total.